The molecular formula is C14H15FN4OS. The molecule has 5 nitrogen and oxygen atoms in total. The summed E-state index contributed by atoms with van der Waals surface area (Å²) < 4.78 is 15.4. The number of thioether (sulfide) groups is 1. The maximum Gasteiger partial charge on any atom is 0.230 e. The van der Waals surface area contributed by atoms with E-state index < -0.39 is 0 Å². The Bertz CT molecular complexity index is 641. The van der Waals surface area contributed by atoms with Crippen molar-refractivity contribution in [2.24, 2.45) is 0 Å². The van der Waals surface area contributed by atoms with Gasteiger partial charge in [-0.3, -0.25) is 4.79 Å². The van der Waals surface area contributed by atoms with Gasteiger partial charge in [0.1, 0.15) is 12.1 Å². The van der Waals surface area contributed by atoms with Crippen LogP contribution in [-0.4, -0.2) is 26.4 Å². The van der Waals surface area contributed by atoms with Gasteiger partial charge in [0, 0.05) is 18.2 Å². The second kappa shape index (κ2) is 6.26. The number of carbonyl (C=O) groups excluding carboxylic acids is 1. The number of carbonyl (C=O) groups is 1. The molecule has 3 rings (SSSR count). The molecular weight excluding hydrogens is 291 g/mol. The van der Waals surface area contributed by atoms with Crippen LogP contribution in [0.4, 0.5) is 4.39 Å². The lowest BCUT2D eigenvalue weighted by atomic mass is 10.2. The van der Waals surface area contributed by atoms with Gasteiger partial charge in [-0.1, -0.05) is 30.0 Å². The summed E-state index contributed by atoms with van der Waals surface area (Å²) in [4.78, 5) is 11.8. The highest BCUT2D eigenvalue weighted by atomic mass is 32.2. The Kier molecular flexibility index (Phi) is 4.19. The molecule has 1 aromatic carbocycles. The van der Waals surface area contributed by atoms with E-state index in [1.54, 1.807) is 24.5 Å². The van der Waals surface area contributed by atoms with Gasteiger partial charge >= 0.3 is 0 Å². The van der Waals surface area contributed by atoms with Crippen molar-refractivity contribution in [2.75, 3.05) is 5.75 Å². The zero-order valence-corrected chi connectivity index (χ0v) is 12.1. The molecule has 1 aliphatic rings. The van der Waals surface area contributed by atoms with Crippen LogP contribution in [-0.2, 0) is 11.3 Å². The highest BCUT2D eigenvalue weighted by molar-refractivity contribution is 7.99. The van der Waals surface area contributed by atoms with E-state index in [0.29, 0.717) is 11.6 Å². The summed E-state index contributed by atoms with van der Waals surface area (Å²) in [5.74, 6) is -0.201. The average molecular weight is 306 g/mol. The van der Waals surface area contributed by atoms with Crippen molar-refractivity contribution in [2.45, 2.75) is 30.6 Å². The van der Waals surface area contributed by atoms with Crippen LogP contribution in [0.15, 0.2) is 35.7 Å². The first kappa shape index (κ1) is 14.1. The fraction of sp³-hybridized carbons (Fsp3) is 0.357. The molecule has 0 aliphatic heterocycles. The lowest BCUT2D eigenvalue weighted by Gasteiger charge is -2.06. The molecule has 1 fully saturated rings. The van der Waals surface area contributed by atoms with E-state index in [2.05, 4.69) is 15.5 Å². The van der Waals surface area contributed by atoms with Crippen LogP contribution >= 0.6 is 11.8 Å². The van der Waals surface area contributed by atoms with Crippen molar-refractivity contribution in [3.05, 3.63) is 42.0 Å². The van der Waals surface area contributed by atoms with E-state index in [1.807, 2.05) is 4.57 Å². The lowest BCUT2D eigenvalue weighted by Crippen LogP contribution is -2.25. The summed E-state index contributed by atoms with van der Waals surface area (Å²) in [6, 6.07) is 6.91. The largest absolute Gasteiger partial charge is 0.351 e. The fourth-order valence-electron chi connectivity index (χ4n) is 1.96. The number of nitrogens with one attached hydrogen (secondary N) is 1. The van der Waals surface area contributed by atoms with E-state index in [0.717, 1.165) is 18.0 Å². The lowest BCUT2D eigenvalue weighted by molar-refractivity contribution is -0.118. The molecule has 1 aliphatic carbocycles. The minimum atomic E-state index is -0.307. The summed E-state index contributed by atoms with van der Waals surface area (Å²) in [6.07, 6.45) is 3.99. The molecule has 1 aromatic heterocycles. The predicted molar refractivity (Wildman–Crippen MR) is 77.3 cm³/mol. The highest BCUT2D eigenvalue weighted by Crippen LogP contribution is 2.37. The monoisotopic (exact) mass is 306 g/mol. The molecule has 0 bridgehead atoms. The zero-order chi connectivity index (χ0) is 14.7. The van der Waals surface area contributed by atoms with Crippen molar-refractivity contribution in [1.82, 2.24) is 20.1 Å². The summed E-state index contributed by atoms with van der Waals surface area (Å²) in [5, 5.41) is 11.4. The standard InChI is InChI=1S/C14H15FN4OS/c15-12-4-2-1-3-10(12)7-16-13(20)8-21-14-18-17-9-19(14)11-5-6-11/h1-4,9,11H,5-8H2,(H,16,20). The van der Waals surface area contributed by atoms with Crippen LogP contribution in [0.3, 0.4) is 0 Å². The Morgan fingerprint density at radius 1 is 1.43 bits per heavy atom. The molecule has 0 atom stereocenters. The Morgan fingerprint density at radius 3 is 3.00 bits per heavy atom. The Balaban J connectivity index is 1.48. The van der Waals surface area contributed by atoms with Crippen LogP contribution in [0.5, 0.6) is 0 Å². The molecule has 1 saturated carbocycles. The molecule has 0 unspecified atom stereocenters. The molecule has 1 heterocycles. The molecule has 0 radical (unpaired) electrons. The van der Waals surface area contributed by atoms with Crippen molar-refractivity contribution in [3.63, 3.8) is 0 Å². The van der Waals surface area contributed by atoms with Crippen LogP contribution in [0.1, 0.15) is 24.4 Å². The summed E-state index contributed by atoms with van der Waals surface area (Å²) in [6.45, 7) is 0.196. The minimum absolute atomic E-state index is 0.145. The van der Waals surface area contributed by atoms with Gasteiger partial charge in [0.2, 0.25) is 5.91 Å². The smallest absolute Gasteiger partial charge is 0.230 e. The van der Waals surface area contributed by atoms with E-state index in [9.17, 15) is 9.18 Å². The highest BCUT2D eigenvalue weighted by Gasteiger charge is 2.26. The molecule has 21 heavy (non-hydrogen) atoms. The third-order valence-electron chi connectivity index (χ3n) is 3.25. The van der Waals surface area contributed by atoms with Crippen molar-refractivity contribution >= 4 is 17.7 Å². The van der Waals surface area contributed by atoms with E-state index in [1.165, 1.54) is 17.8 Å². The molecule has 1 amide bonds. The quantitative estimate of drug-likeness (QED) is 0.831. The first-order valence-electron chi connectivity index (χ1n) is 6.76. The summed E-state index contributed by atoms with van der Waals surface area (Å²) >= 11 is 1.35. The number of amides is 1. The second-order valence-corrected chi connectivity index (χ2v) is 5.85. The van der Waals surface area contributed by atoms with Gasteiger partial charge < -0.3 is 9.88 Å². The van der Waals surface area contributed by atoms with Gasteiger partial charge in [-0.25, -0.2) is 4.39 Å². The molecule has 110 valence electrons. The SMILES string of the molecule is O=C(CSc1nncn1C1CC1)NCc1ccccc1F. The van der Waals surface area contributed by atoms with Crippen LogP contribution in [0, 0.1) is 5.82 Å². The number of hydrogen-bond donors (Lipinski definition) is 1. The van der Waals surface area contributed by atoms with Gasteiger partial charge in [0.05, 0.1) is 5.75 Å². The normalized spacial score (nSPS) is 14.1. The number of halogens is 1. The fourth-order valence-corrected chi connectivity index (χ4v) is 2.77. The van der Waals surface area contributed by atoms with E-state index in [4.69, 9.17) is 0 Å². The average Bonchev–Trinajstić information content (AvgIpc) is 3.23. The number of nitrogens with zero attached hydrogens (tertiary/aromatic N) is 3. The van der Waals surface area contributed by atoms with Crippen molar-refractivity contribution in [3.8, 4) is 0 Å². The van der Waals surface area contributed by atoms with Crippen LogP contribution < -0.4 is 5.32 Å². The Hall–Kier alpha value is -1.89. The number of benzene rings is 1. The Morgan fingerprint density at radius 2 is 2.24 bits per heavy atom. The molecule has 0 spiro atoms. The van der Waals surface area contributed by atoms with Crippen molar-refractivity contribution in [1.29, 1.82) is 0 Å². The number of rotatable bonds is 6. The first-order chi connectivity index (χ1) is 10.2. The van der Waals surface area contributed by atoms with E-state index >= 15 is 0 Å². The van der Waals surface area contributed by atoms with Gasteiger partial charge in [-0.2, -0.15) is 0 Å². The van der Waals surface area contributed by atoms with E-state index in [-0.39, 0.29) is 24.0 Å². The van der Waals surface area contributed by atoms with Crippen LogP contribution in [0.25, 0.3) is 0 Å². The maximum atomic E-state index is 13.4. The van der Waals surface area contributed by atoms with Gasteiger partial charge in [-0.05, 0) is 18.9 Å². The zero-order valence-electron chi connectivity index (χ0n) is 11.3. The van der Waals surface area contributed by atoms with Gasteiger partial charge in [0.15, 0.2) is 5.16 Å². The molecule has 1 N–H and O–H groups in total. The Labute approximate surface area is 125 Å². The summed E-state index contributed by atoms with van der Waals surface area (Å²) in [5.41, 5.74) is 0.483. The first-order valence-corrected chi connectivity index (χ1v) is 7.75. The second-order valence-electron chi connectivity index (χ2n) is 4.91. The predicted octanol–water partition coefficient (Wildman–Crippen LogP) is 2.16. The third-order valence-corrected chi connectivity index (χ3v) is 4.20. The number of hydrogen-bond acceptors (Lipinski definition) is 4. The third kappa shape index (κ3) is 3.60. The number of aromatic nitrogens is 3. The van der Waals surface area contributed by atoms with Crippen molar-refractivity contribution < 1.29 is 9.18 Å². The molecule has 7 heteroatoms. The van der Waals surface area contributed by atoms with Gasteiger partial charge in [0.25, 0.3) is 0 Å². The van der Waals surface area contributed by atoms with Gasteiger partial charge in [-0.15, -0.1) is 10.2 Å². The molecule has 0 saturated heterocycles. The maximum absolute atomic E-state index is 13.4. The minimum Gasteiger partial charge on any atom is -0.351 e. The summed E-state index contributed by atoms with van der Waals surface area (Å²) in [7, 11) is 0. The van der Waals surface area contributed by atoms with Crippen LogP contribution in [0.2, 0.25) is 0 Å². The topological polar surface area (TPSA) is 59.8 Å². The molecule has 2 aromatic rings.